The van der Waals surface area contributed by atoms with Crippen LogP contribution in [0.2, 0.25) is 0 Å². The van der Waals surface area contributed by atoms with Crippen LogP contribution >= 0.6 is 11.8 Å². The van der Waals surface area contributed by atoms with Crippen LogP contribution in [0.15, 0.2) is 83.9 Å². The van der Waals surface area contributed by atoms with E-state index in [-0.39, 0.29) is 11.9 Å². The van der Waals surface area contributed by atoms with Gasteiger partial charge in [-0.1, -0.05) is 66.4 Å². The molecule has 5 heteroatoms. The molecule has 1 aromatic heterocycles. The zero-order valence-electron chi connectivity index (χ0n) is 18.6. The van der Waals surface area contributed by atoms with E-state index in [2.05, 4.69) is 47.8 Å². The van der Waals surface area contributed by atoms with Gasteiger partial charge in [-0.3, -0.25) is 4.79 Å². The van der Waals surface area contributed by atoms with Gasteiger partial charge in [0.2, 0.25) is 5.91 Å². The lowest BCUT2D eigenvalue weighted by Gasteiger charge is -2.26. The lowest BCUT2D eigenvalue weighted by Crippen LogP contribution is -2.32. The molecule has 0 saturated heterocycles. The quantitative estimate of drug-likeness (QED) is 0.353. The fraction of sp³-hybridized carbons (Fsp3) is 0.214. The number of benzene rings is 3. The fourth-order valence-electron chi connectivity index (χ4n) is 4.52. The minimum Gasteiger partial charge on any atom is -0.497 e. The molecule has 0 fully saturated rings. The molecule has 1 amide bonds. The molecule has 33 heavy (non-hydrogen) atoms. The second-order valence-corrected chi connectivity index (χ2v) is 9.25. The number of nitrogens with one attached hydrogen (secondary N) is 1. The molecule has 1 aliphatic rings. The molecule has 4 nitrogen and oxygen atoms in total. The zero-order chi connectivity index (χ0) is 22.6. The van der Waals surface area contributed by atoms with Crippen LogP contribution < -0.4 is 10.1 Å². The molecule has 0 aliphatic heterocycles. The van der Waals surface area contributed by atoms with E-state index in [1.165, 1.54) is 22.9 Å². The molecule has 166 valence electrons. The molecular formula is C28H26N2O2S. The summed E-state index contributed by atoms with van der Waals surface area (Å²) in [7, 11) is 1.66. The third-order valence-electron chi connectivity index (χ3n) is 6.13. The molecule has 1 N–H and O–H groups in total. The Bertz CT molecular complexity index is 1290. The standard InChI is InChI=1S/C28H26N2O2S/c1-32-21-14-15-23-24(20-8-3-2-4-9-20)17-28(30-26(23)16-21)33-18-27(31)29-25-13-7-11-19-10-5-6-12-22(19)25/h2-6,8-10,12,14-17,25H,7,11,13,18H2,1H3,(H,29,31)/t25-/m1/s1. The summed E-state index contributed by atoms with van der Waals surface area (Å²) in [5.74, 6) is 1.13. The van der Waals surface area contributed by atoms with Gasteiger partial charge in [-0.15, -0.1) is 0 Å². The van der Waals surface area contributed by atoms with Crippen molar-refractivity contribution in [3.05, 3.63) is 90.0 Å². The number of amides is 1. The van der Waals surface area contributed by atoms with Gasteiger partial charge in [-0.05, 0) is 59.7 Å². The summed E-state index contributed by atoms with van der Waals surface area (Å²) in [5.41, 5.74) is 5.69. The molecule has 4 aromatic rings. The van der Waals surface area contributed by atoms with Gasteiger partial charge >= 0.3 is 0 Å². The molecule has 1 heterocycles. The summed E-state index contributed by atoms with van der Waals surface area (Å²) in [6.45, 7) is 0. The van der Waals surface area contributed by atoms with E-state index in [9.17, 15) is 4.79 Å². The topological polar surface area (TPSA) is 51.2 Å². The number of nitrogens with zero attached hydrogens (tertiary/aromatic N) is 1. The van der Waals surface area contributed by atoms with Gasteiger partial charge in [0, 0.05) is 11.5 Å². The second kappa shape index (κ2) is 9.67. The van der Waals surface area contributed by atoms with Crippen LogP contribution in [0.4, 0.5) is 0 Å². The van der Waals surface area contributed by atoms with Crippen molar-refractivity contribution in [3.63, 3.8) is 0 Å². The van der Waals surface area contributed by atoms with Gasteiger partial charge in [0.15, 0.2) is 0 Å². The van der Waals surface area contributed by atoms with Gasteiger partial charge in [-0.25, -0.2) is 4.98 Å². The summed E-state index contributed by atoms with van der Waals surface area (Å²) in [4.78, 5) is 17.7. The van der Waals surface area contributed by atoms with E-state index in [1.54, 1.807) is 7.11 Å². The molecule has 0 radical (unpaired) electrons. The zero-order valence-corrected chi connectivity index (χ0v) is 19.4. The highest BCUT2D eigenvalue weighted by Crippen LogP contribution is 2.34. The highest BCUT2D eigenvalue weighted by atomic mass is 32.2. The maximum atomic E-state index is 12.8. The number of carbonyl (C=O) groups is 1. The summed E-state index contributed by atoms with van der Waals surface area (Å²) in [6.07, 6.45) is 3.17. The predicted octanol–water partition coefficient (Wildman–Crippen LogP) is 6.20. The molecule has 3 aromatic carbocycles. The first-order chi connectivity index (χ1) is 16.2. The van der Waals surface area contributed by atoms with E-state index in [1.807, 2.05) is 36.4 Å². The molecule has 1 aliphatic carbocycles. The van der Waals surface area contributed by atoms with Crippen molar-refractivity contribution in [2.24, 2.45) is 0 Å². The molecule has 0 bridgehead atoms. The van der Waals surface area contributed by atoms with Crippen LogP contribution in [0, 0.1) is 0 Å². The Labute approximate surface area is 198 Å². The Morgan fingerprint density at radius 1 is 1.06 bits per heavy atom. The normalized spacial score (nSPS) is 15.1. The van der Waals surface area contributed by atoms with Crippen molar-refractivity contribution >= 4 is 28.6 Å². The number of methoxy groups -OCH3 is 1. The predicted molar refractivity (Wildman–Crippen MR) is 135 cm³/mol. The number of hydrogen-bond donors (Lipinski definition) is 1. The van der Waals surface area contributed by atoms with Crippen LogP contribution in [-0.2, 0) is 11.2 Å². The first-order valence-corrected chi connectivity index (χ1v) is 12.2. The fourth-order valence-corrected chi connectivity index (χ4v) is 5.25. The monoisotopic (exact) mass is 454 g/mol. The van der Waals surface area contributed by atoms with Gasteiger partial charge < -0.3 is 10.1 Å². The van der Waals surface area contributed by atoms with E-state index < -0.39 is 0 Å². The summed E-state index contributed by atoms with van der Waals surface area (Å²) in [6, 6.07) is 26.8. The molecule has 0 spiro atoms. The van der Waals surface area contributed by atoms with Gasteiger partial charge in [-0.2, -0.15) is 0 Å². The number of aromatic nitrogens is 1. The number of fused-ring (bicyclic) bond motifs is 2. The Morgan fingerprint density at radius 3 is 2.73 bits per heavy atom. The molecule has 0 unspecified atom stereocenters. The van der Waals surface area contributed by atoms with Crippen molar-refractivity contribution in [1.29, 1.82) is 0 Å². The smallest absolute Gasteiger partial charge is 0.230 e. The SMILES string of the molecule is COc1ccc2c(-c3ccccc3)cc(SCC(=O)N[C@@H]3CCCc4ccccc43)nc2c1. The van der Waals surface area contributed by atoms with Gasteiger partial charge in [0.05, 0.1) is 29.4 Å². The van der Waals surface area contributed by atoms with Crippen molar-refractivity contribution in [2.75, 3.05) is 12.9 Å². The van der Waals surface area contributed by atoms with Gasteiger partial charge in [0.25, 0.3) is 0 Å². The van der Waals surface area contributed by atoms with Crippen molar-refractivity contribution in [2.45, 2.75) is 30.3 Å². The number of pyridine rings is 1. The van der Waals surface area contributed by atoms with Crippen molar-refractivity contribution in [3.8, 4) is 16.9 Å². The number of rotatable bonds is 6. The molecule has 5 rings (SSSR count). The largest absolute Gasteiger partial charge is 0.497 e. The first-order valence-electron chi connectivity index (χ1n) is 11.3. The lowest BCUT2D eigenvalue weighted by molar-refractivity contribution is -0.119. The Morgan fingerprint density at radius 2 is 1.88 bits per heavy atom. The van der Waals surface area contributed by atoms with Gasteiger partial charge in [0.1, 0.15) is 5.75 Å². The summed E-state index contributed by atoms with van der Waals surface area (Å²) < 4.78 is 5.41. The number of ether oxygens (including phenoxy) is 1. The Kier molecular flexibility index (Phi) is 6.31. The average molecular weight is 455 g/mol. The van der Waals surface area contributed by atoms with E-state index in [4.69, 9.17) is 9.72 Å². The minimum absolute atomic E-state index is 0.0375. The Hall–Kier alpha value is -3.31. The number of hydrogen-bond acceptors (Lipinski definition) is 4. The highest BCUT2D eigenvalue weighted by Gasteiger charge is 2.21. The number of thioether (sulfide) groups is 1. The highest BCUT2D eigenvalue weighted by molar-refractivity contribution is 7.99. The van der Waals surface area contributed by atoms with Crippen LogP contribution in [0.25, 0.3) is 22.0 Å². The van der Waals surface area contributed by atoms with Crippen LogP contribution in [0.1, 0.15) is 30.0 Å². The Balaban J connectivity index is 1.37. The van der Waals surface area contributed by atoms with Crippen LogP contribution in [0.3, 0.4) is 0 Å². The third-order valence-corrected chi connectivity index (χ3v) is 7.05. The third kappa shape index (κ3) is 4.74. The summed E-state index contributed by atoms with van der Waals surface area (Å²) in [5, 5.41) is 5.13. The summed E-state index contributed by atoms with van der Waals surface area (Å²) >= 11 is 1.47. The van der Waals surface area contributed by atoms with Crippen LogP contribution in [0.5, 0.6) is 5.75 Å². The maximum absolute atomic E-state index is 12.8. The maximum Gasteiger partial charge on any atom is 0.230 e. The van der Waals surface area contributed by atoms with E-state index >= 15 is 0 Å². The molecular weight excluding hydrogens is 428 g/mol. The number of aryl methyl sites for hydroxylation is 1. The van der Waals surface area contributed by atoms with Crippen molar-refractivity contribution in [1.82, 2.24) is 10.3 Å². The second-order valence-electron chi connectivity index (χ2n) is 8.26. The number of carbonyl (C=O) groups excluding carboxylic acids is 1. The molecule has 1 atom stereocenters. The first kappa shape index (κ1) is 21.5. The van der Waals surface area contributed by atoms with Crippen molar-refractivity contribution < 1.29 is 9.53 Å². The van der Waals surface area contributed by atoms with Crippen LogP contribution in [-0.4, -0.2) is 23.8 Å². The average Bonchev–Trinajstić information content (AvgIpc) is 2.87. The molecule has 0 saturated carbocycles. The lowest BCUT2D eigenvalue weighted by atomic mass is 9.88. The van der Waals surface area contributed by atoms with E-state index in [0.29, 0.717) is 5.75 Å². The minimum atomic E-state index is 0.0375. The van der Waals surface area contributed by atoms with E-state index in [0.717, 1.165) is 52.1 Å².